The zero-order valence-corrected chi connectivity index (χ0v) is 12.6. The van der Waals surface area contributed by atoms with E-state index in [0.29, 0.717) is 19.8 Å². The Labute approximate surface area is 127 Å². The van der Waals surface area contributed by atoms with Crippen LogP contribution in [0.2, 0.25) is 0 Å². The minimum atomic E-state index is 0.386. The zero-order chi connectivity index (χ0) is 14.8. The molecule has 0 aliphatic heterocycles. The van der Waals surface area contributed by atoms with Gasteiger partial charge in [0.1, 0.15) is 12.4 Å². The molecule has 0 atom stereocenters. The van der Waals surface area contributed by atoms with E-state index < -0.39 is 0 Å². The monoisotopic (exact) mass is 287 g/mol. The Morgan fingerprint density at radius 2 is 1.81 bits per heavy atom. The Morgan fingerprint density at radius 1 is 1.05 bits per heavy atom. The van der Waals surface area contributed by atoms with Gasteiger partial charge in [0.25, 0.3) is 0 Å². The Hall–Kier alpha value is -1.50. The molecule has 1 aromatic rings. The molecular weight excluding hydrogens is 262 g/mol. The van der Waals surface area contributed by atoms with Crippen LogP contribution in [0.15, 0.2) is 24.3 Å². The molecule has 0 bridgehead atoms. The predicted octanol–water partition coefficient (Wildman–Crippen LogP) is 2.97. The number of benzene rings is 1. The molecule has 114 valence electrons. The van der Waals surface area contributed by atoms with Crippen LogP contribution in [0.1, 0.15) is 37.7 Å². The van der Waals surface area contributed by atoms with Crippen molar-refractivity contribution in [1.82, 2.24) is 0 Å². The minimum Gasteiger partial charge on any atom is -0.491 e. The summed E-state index contributed by atoms with van der Waals surface area (Å²) in [4.78, 5) is 0. The van der Waals surface area contributed by atoms with Crippen LogP contribution < -0.4 is 10.5 Å². The molecular formula is C18H25NO2. The molecule has 0 aromatic heterocycles. The van der Waals surface area contributed by atoms with Crippen molar-refractivity contribution in [2.45, 2.75) is 32.1 Å². The summed E-state index contributed by atoms with van der Waals surface area (Å²) in [6, 6.07) is 7.76. The van der Waals surface area contributed by atoms with Gasteiger partial charge in [0.15, 0.2) is 0 Å². The fourth-order valence-corrected chi connectivity index (χ4v) is 2.61. The lowest BCUT2D eigenvalue weighted by Gasteiger charge is -2.21. The Kier molecular flexibility index (Phi) is 7.14. The summed E-state index contributed by atoms with van der Waals surface area (Å²) >= 11 is 0. The van der Waals surface area contributed by atoms with Crippen LogP contribution >= 0.6 is 0 Å². The summed E-state index contributed by atoms with van der Waals surface area (Å²) in [5.41, 5.74) is 6.30. The normalized spacial score (nSPS) is 15.3. The standard InChI is InChI=1S/C18H25NO2/c19-12-4-7-16-8-10-18(11-9-16)21-14-13-20-15-17-5-2-1-3-6-17/h8-11,17H,1-3,5-6,12-15,19H2. The molecule has 3 heteroatoms. The van der Waals surface area contributed by atoms with Crippen LogP contribution in [0, 0.1) is 17.8 Å². The van der Waals surface area contributed by atoms with Gasteiger partial charge >= 0.3 is 0 Å². The van der Waals surface area contributed by atoms with Gasteiger partial charge in [-0.1, -0.05) is 31.1 Å². The van der Waals surface area contributed by atoms with E-state index in [0.717, 1.165) is 23.8 Å². The first kappa shape index (κ1) is 15.9. The molecule has 0 unspecified atom stereocenters. The van der Waals surface area contributed by atoms with Gasteiger partial charge in [0.2, 0.25) is 0 Å². The number of nitrogens with two attached hydrogens (primary N) is 1. The van der Waals surface area contributed by atoms with Gasteiger partial charge in [0.05, 0.1) is 13.2 Å². The fraction of sp³-hybridized carbons (Fsp3) is 0.556. The SMILES string of the molecule is NCC#Cc1ccc(OCCOCC2CCCCC2)cc1. The van der Waals surface area contributed by atoms with Crippen molar-refractivity contribution in [2.75, 3.05) is 26.4 Å². The van der Waals surface area contributed by atoms with Gasteiger partial charge in [-0.15, -0.1) is 0 Å². The highest BCUT2D eigenvalue weighted by atomic mass is 16.5. The van der Waals surface area contributed by atoms with Crippen molar-refractivity contribution in [3.05, 3.63) is 29.8 Å². The van der Waals surface area contributed by atoms with E-state index in [1.165, 1.54) is 32.1 Å². The van der Waals surface area contributed by atoms with Crippen LogP contribution in [0.4, 0.5) is 0 Å². The highest BCUT2D eigenvalue weighted by Crippen LogP contribution is 2.23. The third kappa shape index (κ3) is 6.20. The van der Waals surface area contributed by atoms with Gasteiger partial charge < -0.3 is 15.2 Å². The van der Waals surface area contributed by atoms with Crippen molar-refractivity contribution in [3.63, 3.8) is 0 Å². The van der Waals surface area contributed by atoms with Gasteiger partial charge in [-0.3, -0.25) is 0 Å². The van der Waals surface area contributed by atoms with E-state index >= 15 is 0 Å². The molecule has 0 spiro atoms. The highest BCUT2D eigenvalue weighted by molar-refractivity contribution is 5.38. The van der Waals surface area contributed by atoms with E-state index in [4.69, 9.17) is 15.2 Å². The van der Waals surface area contributed by atoms with Crippen molar-refractivity contribution >= 4 is 0 Å². The Morgan fingerprint density at radius 3 is 2.52 bits per heavy atom. The minimum absolute atomic E-state index is 0.386. The summed E-state index contributed by atoms with van der Waals surface area (Å²) in [6.07, 6.45) is 6.78. The summed E-state index contributed by atoms with van der Waals surface area (Å²) < 4.78 is 11.4. The topological polar surface area (TPSA) is 44.5 Å². The first-order valence-electron chi connectivity index (χ1n) is 7.88. The van der Waals surface area contributed by atoms with Crippen LogP contribution in [-0.4, -0.2) is 26.4 Å². The van der Waals surface area contributed by atoms with Crippen LogP contribution in [-0.2, 0) is 4.74 Å². The molecule has 2 rings (SSSR count). The molecule has 3 nitrogen and oxygen atoms in total. The summed E-state index contributed by atoms with van der Waals surface area (Å²) in [5, 5.41) is 0. The zero-order valence-electron chi connectivity index (χ0n) is 12.6. The van der Waals surface area contributed by atoms with E-state index in [9.17, 15) is 0 Å². The van der Waals surface area contributed by atoms with Crippen molar-refractivity contribution in [3.8, 4) is 17.6 Å². The van der Waals surface area contributed by atoms with Crippen LogP contribution in [0.5, 0.6) is 5.75 Å². The second-order valence-electron chi connectivity index (χ2n) is 5.46. The molecule has 1 saturated carbocycles. The molecule has 1 aliphatic rings. The maximum absolute atomic E-state index is 5.71. The third-order valence-electron chi connectivity index (χ3n) is 3.76. The Bertz CT molecular complexity index is 452. The van der Waals surface area contributed by atoms with E-state index in [1.807, 2.05) is 24.3 Å². The number of ether oxygens (including phenoxy) is 2. The highest BCUT2D eigenvalue weighted by Gasteiger charge is 2.12. The molecule has 1 aromatic carbocycles. The van der Waals surface area contributed by atoms with Gasteiger partial charge in [-0.25, -0.2) is 0 Å². The predicted molar refractivity (Wildman–Crippen MR) is 85.3 cm³/mol. The molecule has 0 amide bonds. The summed E-state index contributed by atoms with van der Waals surface area (Å²) in [7, 11) is 0. The Balaban J connectivity index is 1.59. The third-order valence-corrected chi connectivity index (χ3v) is 3.76. The van der Waals surface area contributed by atoms with Crippen LogP contribution in [0.3, 0.4) is 0 Å². The lowest BCUT2D eigenvalue weighted by atomic mass is 9.90. The molecule has 0 radical (unpaired) electrons. The lowest BCUT2D eigenvalue weighted by molar-refractivity contribution is 0.0635. The van der Waals surface area contributed by atoms with Crippen LogP contribution in [0.25, 0.3) is 0 Å². The van der Waals surface area contributed by atoms with E-state index in [-0.39, 0.29) is 0 Å². The quantitative estimate of drug-likeness (QED) is 0.646. The first-order valence-corrected chi connectivity index (χ1v) is 7.88. The number of hydrogen-bond donors (Lipinski definition) is 1. The molecule has 0 saturated heterocycles. The number of hydrogen-bond acceptors (Lipinski definition) is 3. The molecule has 0 heterocycles. The molecule has 2 N–H and O–H groups in total. The maximum atomic E-state index is 5.71. The second-order valence-corrected chi connectivity index (χ2v) is 5.46. The van der Waals surface area contributed by atoms with E-state index in [1.54, 1.807) is 0 Å². The van der Waals surface area contributed by atoms with E-state index in [2.05, 4.69) is 11.8 Å². The number of rotatable bonds is 6. The largest absolute Gasteiger partial charge is 0.491 e. The van der Waals surface area contributed by atoms with Crippen molar-refractivity contribution in [2.24, 2.45) is 11.7 Å². The average molecular weight is 287 g/mol. The van der Waals surface area contributed by atoms with Gasteiger partial charge in [-0.05, 0) is 43.0 Å². The molecule has 21 heavy (non-hydrogen) atoms. The molecule has 1 aliphatic carbocycles. The first-order chi connectivity index (χ1) is 10.4. The smallest absolute Gasteiger partial charge is 0.119 e. The lowest BCUT2D eigenvalue weighted by Crippen LogP contribution is -2.16. The van der Waals surface area contributed by atoms with Gasteiger partial charge in [-0.2, -0.15) is 0 Å². The van der Waals surface area contributed by atoms with Crippen molar-refractivity contribution in [1.29, 1.82) is 0 Å². The second kappa shape index (κ2) is 9.44. The average Bonchev–Trinajstić information content (AvgIpc) is 2.55. The molecule has 1 fully saturated rings. The fourth-order valence-electron chi connectivity index (χ4n) is 2.61. The summed E-state index contributed by atoms with van der Waals surface area (Å²) in [5.74, 6) is 7.44. The van der Waals surface area contributed by atoms with Crippen molar-refractivity contribution < 1.29 is 9.47 Å². The van der Waals surface area contributed by atoms with Gasteiger partial charge in [0, 0.05) is 12.2 Å². The maximum Gasteiger partial charge on any atom is 0.119 e. The summed E-state index contributed by atoms with van der Waals surface area (Å²) in [6.45, 7) is 2.53.